The number of sulfonamides is 1. The number of nitrogens with two attached hydrogens (primary N) is 1. The lowest BCUT2D eigenvalue weighted by Crippen LogP contribution is -2.28. The van der Waals surface area contributed by atoms with Gasteiger partial charge in [0.2, 0.25) is 10.0 Å². The van der Waals surface area contributed by atoms with Crippen LogP contribution in [0.1, 0.15) is 44.4 Å². The summed E-state index contributed by atoms with van der Waals surface area (Å²) in [5.74, 6) is -1.33. The van der Waals surface area contributed by atoms with Crippen molar-refractivity contribution in [2.45, 2.75) is 31.6 Å². The van der Waals surface area contributed by atoms with Crippen LogP contribution < -0.4 is 11.1 Å². The normalized spacial score (nSPS) is 14.6. The fourth-order valence-electron chi connectivity index (χ4n) is 3.89. The molecule has 1 aromatic carbocycles. The van der Waals surface area contributed by atoms with Gasteiger partial charge in [-0.1, -0.05) is 30.3 Å². The van der Waals surface area contributed by atoms with Crippen LogP contribution in [0.5, 0.6) is 0 Å². The number of primary amides is 1. The SMILES string of the molecule is Cc1oc(C(=O)Nc2sc(C)c(-c3ccccc3)c2C(N)=O)cc1S(=O)(=O)N1CCCC1. The highest BCUT2D eigenvalue weighted by Crippen LogP contribution is 2.40. The minimum Gasteiger partial charge on any atom is -0.455 e. The van der Waals surface area contributed by atoms with Gasteiger partial charge in [0.15, 0.2) is 5.76 Å². The first-order valence-corrected chi connectivity index (χ1v) is 12.4. The van der Waals surface area contributed by atoms with Gasteiger partial charge in [0.25, 0.3) is 11.8 Å². The van der Waals surface area contributed by atoms with Crippen molar-refractivity contribution in [2.75, 3.05) is 18.4 Å². The maximum Gasteiger partial charge on any atom is 0.292 e. The molecule has 1 fully saturated rings. The van der Waals surface area contributed by atoms with Crippen LogP contribution in [0.15, 0.2) is 45.7 Å². The van der Waals surface area contributed by atoms with Gasteiger partial charge < -0.3 is 15.5 Å². The molecule has 3 heterocycles. The number of nitrogens with zero attached hydrogens (tertiary/aromatic N) is 1. The number of hydrogen-bond donors (Lipinski definition) is 2. The Kier molecular flexibility index (Phi) is 5.93. The molecular weight excluding hydrogens is 450 g/mol. The highest BCUT2D eigenvalue weighted by Gasteiger charge is 2.32. The van der Waals surface area contributed by atoms with Crippen molar-refractivity contribution in [2.24, 2.45) is 5.73 Å². The zero-order chi connectivity index (χ0) is 23.0. The third kappa shape index (κ3) is 3.96. The standard InChI is InChI=1S/C22H23N3O5S2/c1-13-17(32(28,29)25-10-6-7-11-25)12-16(30-13)21(27)24-22-19(20(23)26)18(14(2)31-22)15-8-4-3-5-9-15/h3-5,8-9,12H,6-7,10-11H2,1-2H3,(H2,23,26)(H,24,27). The monoisotopic (exact) mass is 473 g/mol. The van der Waals surface area contributed by atoms with Crippen LogP contribution in [0.3, 0.4) is 0 Å². The van der Waals surface area contributed by atoms with E-state index in [1.54, 1.807) is 0 Å². The molecule has 10 heteroatoms. The first-order valence-electron chi connectivity index (χ1n) is 10.1. The van der Waals surface area contributed by atoms with Gasteiger partial charge >= 0.3 is 0 Å². The lowest BCUT2D eigenvalue weighted by Gasteiger charge is -2.14. The Morgan fingerprint density at radius 1 is 1.12 bits per heavy atom. The van der Waals surface area contributed by atoms with Crippen LogP contribution in [-0.2, 0) is 10.0 Å². The average Bonchev–Trinajstić information content (AvgIpc) is 3.47. The summed E-state index contributed by atoms with van der Waals surface area (Å²) in [4.78, 5) is 25.9. The number of nitrogens with one attached hydrogen (secondary N) is 1. The molecule has 8 nitrogen and oxygen atoms in total. The predicted molar refractivity (Wildman–Crippen MR) is 122 cm³/mol. The Hall–Kier alpha value is -2.95. The molecule has 168 valence electrons. The number of furan rings is 1. The molecule has 1 aliphatic heterocycles. The summed E-state index contributed by atoms with van der Waals surface area (Å²) in [5, 5.41) is 2.97. The van der Waals surface area contributed by atoms with Crippen molar-refractivity contribution in [1.82, 2.24) is 4.31 Å². The molecule has 0 unspecified atom stereocenters. The lowest BCUT2D eigenvalue weighted by atomic mass is 10.0. The molecule has 1 saturated heterocycles. The van der Waals surface area contributed by atoms with Gasteiger partial charge in [0.05, 0.1) is 5.56 Å². The Labute approximate surface area is 190 Å². The Balaban J connectivity index is 1.66. The smallest absolute Gasteiger partial charge is 0.292 e. The third-order valence-corrected chi connectivity index (χ3v) is 8.43. The van der Waals surface area contributed by atoms with E-state index < -0.39 is 21.8 Å². The molecular formula is C22H23N3O5S2. The van der Waals surface area contributed by atoms with E-state index in [-0.39, 0.29) is 27.0 Å². The summed E-state index contributed by atoms with van der Waals surface area (Å²) in [5.41, 5.74) is 7.32. The number of carbonyl (C=O) groups excluding carboxylic acids is 2. The van der Waals surface area contributed by atoms with Gasteiger partial charge in [-0.05, 0) is 32.3 Å². The van der Waals surface area contributed by atoms with E-state index in [1.807, 2.05) is 37.3 Å². The molecule has 2 aromatic heterocycles. The van der Waals surface area contributed by atoms with Crippen molar-refractivity contribution >= 4 is 38.2 Å². The molecule has 0 spiro atoms. The van der Waals surface area contributed by atoms with Crippen LogP contribution in [0.4, 0.5) is 5.00 Å². The average molecular weight is 474 g/mol. The maximum absolute atomic E-state index is 12.9. The third-order valence-electron chi connectivity index (χ3n) is 5.40. The van der Waals surface area contributed by atoms with E-state index in [2.05, 4.69) is 5.32 Å². The van der Waals surface area contributed by atoms with Crippen molar-refractivity contribution in [1.29, 1.82) is 0 Å². The van der Waals surface area contributed by atoms with Gasteiger partial charge in [-0.15, -0.1) is 11.3 Å². The highest BCUT2D eigenvalue weighted by atomic mass is 32.2. The fourth-order valence-corrected chi connectivity index (χ4v) is 6.64. The Morgan fingerprint density at radius 3 is 2.41 bits per heavy atom. The van der Waals surface area contributed by atoms with E-state index in [1.165, 1.54) is 28.6 Å². The summed E-state index contributed by atoms with van der Waals surface area (Å²) in [6, 6.07) is 10.5. The summed E-state index contributed by atoms with van der Waals surface area (Å²) < 4.78 is 32.6. The van der Waals surface area contributed by atoms with Crippen molar-refractivity contribution in [3.8, 4) is 11.1 Å². The molecule has 0 aliphatic carbocycles. The molecule has 3 aromatic rings. The molecule has 0 saturated carbocycles. The number of amides is 2. The quantitative estimate of drug-likeness (QED) is 0.564. The second-order valence-electron chi connectivity index (χ2n) is 7.56. The van der Waals surface area contributed by atoms with E-state index >= 15 is 0 Å². The largest absolute Gasteiger partial charge is 0.455 e. The van der Waals surface area contributed by atoms with Gasteiger partial charge in [-0.3, -0.25) is 9.59 Å². The zero-order valence-electron chi connectivity index (χ0n) is 17.7. The second kappa shape index (κ2) is 8.53. The van der Waals surface area contributed by atoms with Gasteiger partial charge in [0, 0.05) is 29.6 Å². The zero-order valence-corrected chi connectivity index (χ0v) is 19.3. The van der Waals surface area contributed by atoms with E-state index in [0.717, 1.165) is 23.3 Å². The van der Waals surface area contributed by atoms with Crippen molar-refractivity contribution < 1.29 is 22.4 Å². The molecule has 0 atom stereocenters. The van der Waals surface area contributed by atoms with E-state index in [4.69, 9.17) is 10.2 Å². The first kappa shape index (κ1) is 22.3. The molecule has 1 aliphatic rings. The summed E-state index contributed by atoms with van der Waals surface area (Å²) in [6.45, 7) is 4.25. The number of aryl methyl sites for hydroxylation is 2. The van der Waals surface area contributed by atoms with Gasteiger partial charge in [-0.2, -0.15) is 4.31 Å². The van der Waals surface area contributed by atoms with E-state index in [0.29, 0.717) is 18.7 Å². The highest BCUT2D eigenvalue weighted by molar-refractivity contribution is 7.89. The van der Waals surface area contributed by atoms with Crippen LogP contribution >= 0.6 is 11.3 Å². The lowest BCUT2D eigenvalue weighted by molar-refractivity contribution is 0.0995. The maximum atomic E-state index is 12.9. The first-order chi connectivity index (χ1) is 15.2. The number of rotatable bonds is 6. The summed E-state index contributed by atoms with van der Waals surface area (Å²) in [6.07, 6.45) is 1.61. The molecule has 2 amide bonds. The van der Waals surface area contributed by atoms with Gasteiger partial charge in [0.1, 0.15) is 15.7 Å². The predicted octanol–water partition coefficient (Wildman–Crippen LogP) is 3.76. The minimum absolute atomic E-state index is 0.0213. The van der Waals surface area contributed by atoms with Crippen molar-refractivity contribution in [3.63, 3.8) is 0 Å². The topological polar surface area (TPSA) is 123 Å². The minimum atomic E-state index is -3.73. The molecule has 3 N–H and O–H groups in total. The molecule has 32 heavy (non-hydrogen) atoms. The van der Waals surface area contributed by atoms with Crippen LogP contribution in [0.2, 0.25) is 0 Å². The summed E-state index contributed by atoms with van der Waals surface area (Å²) in [7, 11) is -3.73. The number of benzene rings is 1. The fraction of sp³-hybridized carbons (Fsp3) is 0.273. The Bertz CT molecular complexity index is 1290. The number of anilines is 1. The molecule has 0 bridgehead atoms. The number of thiophene rings is 1. The van der Waals surface area contributed by atoms with Crippen LogP contribution in [0.25, 0.3) is 11.1 Å². The van der Waals surface area contributed by atoms with Crippen molar-refractivity contribution in [3.05, 3.63) is 58.4 Å². The Morgan fingerprint density at radius 2 is 1.78 bits per heavy atom. The number of hydrogen-bond acceptors (Lipinski definition) is 6. The molecule has 4 rings (SSSR count). The van der Waals surface area contributed by atoms with Crippen LogP contribution in [0, 0.1) is 13.8 Å². The second-order valence-corrected chi connectivity index (χ2v) is 10.7. The number of carbonyl (C=O) groups is 2. The van der Waals surface area contributed by atoms with Gasteiger partial charge in [-0.25, -0.2) is 8.42 Å². The summed E-state index contributed by atoms with van der Waals surface area (Å²) >= 11 is 1.22. The molecule has 0 radical (unpaired) electrons. The van der Waals surface area contributed by atoms with E-state index in [9.17, 15) is 18.0 Å². The van der Waals surface area contributed by atoms with Crippen LogP contribution in [-0.4, -0.2) is 37.6 Å².